The lowest BCUT2D eigenvalue weighted by Crippen LogP contribution is -2.09. The van der Waals surface area contributed by atoms with E-state index in [-0.39, 0.29) is 43.8 Å². The molecule has 0 amide bonds. The number of hydrogen-bond acceptors (Lipinski definition) is 10. The van der Waals surface area contributed by atoms with E-state index in [1.165, 1.54) is 72.8 Å². The largest absolute Gasteiger partial charge is 0.423 e. The second-order valence-electron chi connectivity index (χ2n) is 7.83. The smallest absolute Gasteiger partial charge is 0.343 e. The third-order valence-electron chi connectivity index (χ3n) is 5.32. The first-order chi connectivity index (χ1) is 18.5. The number of ether oxygens (including phenoxy) is 2. The number of rotatable bonds is 8. The molecule has 12 nitrogen and oxygen atoms in total. The van der Waals surface area contributed by atoms with Crippen LogP contribution in [-0.4, -0.2) is 30.2 Å². The first kappa shape index (κ1) is 26.6. The van der Waals surface area contributed by atoms with Gasteiger partial charge in [0.25, 0.3) is 11.4 Å². The fourth-order valence-electron chi connectivity index (χ4n) is 3.28. The minimum atomic E-state index is -3.97. The maximum atomic E-state index is 13.0. The third kappa shape index (κ3) is 6.11. The van der Waals surface area contributed by atoms with E-state index >= 15 is 0 Å². The number of esters is 2. The molecule has 0 fully saturated rings. The molecule has 0 atom stereocenters. The highest BCUT2D eigenvalue weighted by Gasteiger charge is 2.19. The van der Waals surface area contributed by atoms with Crippen LogP contribution in [0.1, 0.15) is 20.7 Å². The molecule has 4 aromatic rings. The summed E-state index contributed by atoms with van der Waals surface area (Å²) in [5, 5.41) is 21.5. The summed E-state index contributed by atoms with van der Waals surface area (Å²) in [6.45, 7) is 0. The van der Waals surface area contributed by atoms with Crippen molar-refractivity contribution < 1.29 is 37.3 Å². The van der Waals surface area contributed by atoms with Crippen LogP contribution in [0.4, 0.5) is 11.4 Å². The average Bonchev–Trinajstić information content (AvgIpc) is 2.93. The van der Waals surface area contributed by atoms with Gasteiger partial charge < -0.3 is 9.47 Å². The van der Waals surface area contributed by atoms with E-state index in [4.69, 9.17) is 9.47 Å². The van der Waals surface area contributed by atoms with Gasteiger partial charge in [-0.05, 0) is 72.8 Å². The SMILES string of the molecule is O=C(Oc1ccc(S(=O)(=O)c2ccc(OC(=O)c3ccc([N+](=O)[O-])cc3)cc2)cc1)c1ccc([N+](=O)[O-])cc1. The van der Waals surface area contributed by atoms with Crippen LogP contribution in [0.5, 0.6) is 11.5 Å². The first-order valence-electron chi connectivity index (χ1n) is 10.9. The van der Waals surface area contributed by atoms with Crippen LogP contribution < -0.4 is 9.47 Å². The van der Waals surface area contributed by atoms with Crippen molar-refractivity contribution in [2.75, 3.05) is 0 Å². The van der Waals surface area contributed by atoms with Gasteiger partial charge in [-0.1, -0.05) is 0 Å². The number of sulfone groups is 1. The van der Waals surface area contributed by atoms with E-state index in [0.29, 0.717) is 0 Å². The summed E-state index contributed by atoms with van der Waals surface area (Å²) in [6.07, 6.45) is 0. The number of carbonyl (C=O) groups excluding carboxylic acids is 2. The molecule has 196 valence electrons. The molecule has 0 saturated carbocycles. The normalized spacial score (nSPS) is 10.9. The number of carbonyl (C=O) groups is 2. The number of nitrogens with zero attached hydrogens (tertiary/aromatic N) is 2. The molecule has 0 aromatic heterocycles. The zero-order chi connectivity index (χ0) is 28.2. The van der Waals surface area contributed by atoms with Gasteiger partial charge in [0, 0.05) is 24.3 Å². The molecule has 0 aliphatic heterocycles. The summed E-state index contributed by atoms with van der Waals surface area (Å²) in [6, 6.07) is 19.8. The summed E-state index contributed by atoms with van der Waals surface area (Å²) < 4.78 is 36.4. The van der Waals surface area contributed by atoms with E-state index < -0.39 is 31.6 Å². The Morgan fingerprint density at radius 3 is 1.13 bits per heavy atom. The maximum Gasteiger partial charge on any atom is 0.343 e. The maximum absolute atomic E-state index is 13.0. The van der Waals surface area contributed by atoms with Crippen molar-refractivity contribution in [2.45, 2.75) is 9.79 Å². The second-order valence-corrected chi connectivity index (χ2v) is 9.78. The fourth-order valence-corrected chi connectivity index (χ4v) is 4.54. The summed E-state index contributed by atoms with van der Waals surface area (Å²) >= 11 is 0. The molecular weight excluding hydrogens is 532 g/mol. The Hall–Kier alpha value is -5.43. The predicted octanol–water partition coefficient (Wildman–Crippen LogP) is 4.77. The standard InChI is InChI=1S/C26H16N2O10S/c29-25(17-1-5-19(6-2-17)27(31)32)37-21-9-13-23(14-10-21)39(35,36)24-15-11-22(12-16-24)38-26(30)18-3-7-20(8-4-18)28(33)34/h1-16H. The van der Waals surface area contributed by atoms with E-state index in [2.05, 4.69) is 0 Å². The minimum absolute atomic E-state index is 0.0609. The average molecular weight is 548 g/mol. The van der Waals surface area contributed by atoms with Gasteiger partial charge in [-0.15, -0.1) is 0 Å². The van der Waals surface area contributed by atoms with Crippen molar-refractivity contribution in [1.82, 2.24) is 0 Å². The van der Waals surface area contributed by atoms with Crippen molar-refractivity contribution in [2.24, 2.45) is 0 Å². The molecule has 4 rings (SSSR count). The van der Waals surface area contributed by atoms with Gasteiger partial charge in [0.2, 0.25) is 9.84 Å². The zero-order valence-corrected chi connectivity index (χ0v) is 20.4. The van der Waals surface area contributed by atoms with Gasteiger partial charge in [-0.3, -0.25) is 20.2 Å². The van der Waals surface area contributed by atoms with E-state index in [1.54, 1.807) is 0 Å². The van der Waals surface area contributed by atoms with Crippen LogP contribution >= 0.6 is 0 Å². The summed E-state index contributed by atoms with van der Waals surface area (Å²) in [5.74, 6) is -1.43. The highest BCUT2D eigenvalue weighted by Crippen LogP contribution is 2.26. The molecule has 0 aliphatic carbocycles. The summed E-state index contributed by atoms with van der Waals surface area (Å²) in [5.41, 5.74) is -0.216. The molecule has 0 aliphatic rings. The van der Waals surface area contributed by atoms with Crippen molar-refractivity contribution in [3.63, 3.8) is 0 Å². The highest BCUT2D eigenvalue weighted by atomic mass is 32.2. The van der Waals surface area contributed by atoms with E-state index in [9.17, 15) is 38.2 Å². The van der Waals surface area contributed by atoms with Crippen LogP contribution in [0.2, 0.25) is 0 Å². The Morgan fingerprint density at radius 2 is 0.846 bits per heavy atom. The Labute approximate surface area is 220 Å². The Balaban J connectivity index is 1.41. The Kier molecular flexibility index (Phi) is 7.44. The van der Waals surface area contributed by atoms with Gasteiger partial charge in [0.05, 0.1) is 30.8 Å². The van der Waals surface area contributed by atoms with Crippen LogP contribution in [0.25, 0.3) is 0 Å². The number of nitro groups is 2. The minimum Gasteiger partial charge on any atom is -0.423 e. The van der Waals surface area contributed by atoms with Gasteiger partial charge in [0.15, 0.2) is 0 Å². The molecule has 39 heavy (non-hydrogen) atoms. The molecule has 0 heterocycles. The van der Waals surface area contributed by atoms with Crippen molar-refractivity contribution in [3.05, 3.63) is 128 Å². The number of hydrogen-bond donors (Lipinski definition) is 0. The van der Waals surface area contributed by atoms with Crippen molar-refractivity contribution in [3.8, 4) is 11.5 Å². The molecule has 0 bridgehead atoms. The Morgan fingerprint density at radius 1 is 0.538 bits per heavy atom. The van der Waals surface area contributed by atoms with Gasteiger partial charge >= 0.3 is 11.9 Å². The molecule has 0 spiro atoms. The van der Waals surface area contributed by atoms with Crippen LogP contribution in [0.3, 0.4) is 0 Å². The molecule has 4 aromatic carbocycles. The molecule has 0 saturated heterocycles. The molecule has 0 unspecified atom stereocenters. The monoisotopic (exact) mass is 548 g/mol. The molecular formula is C26H16N2O10S. The lowest BCUT2D eigenvalue weighted by atomic mass is 10.2. The van der Waals surface area contributed by atoms with Crippen molar-refractivity contribution in [1.29, 1.82) is 0 Å². The van der Waals surface area contributed by atoms with Gasteiger partial charge in [-0.25, -0.2) is 18.0 Å². The molecule has 0 radical (unpaired) electrons. The van der Waals surface area contributed by atoms with Gasteiger partial charge in [0.1, 0.15) is 11.5 Å². The molecule has 0 N–H and O–H groups in total. The Bertz CT molecular complexity index is 1540. The molecule has 13 heteroatoms. The van der Waals surface area contributed by atoms with Crippen molar-refractivity contribution >= 4 is 33.2 Å². The lowest BCUT2D eigenvalue weighted by Gasteiger charge is -2.08. The third-order valence-corrected chi connectivity index (χ3v) is 7.10. The first-order valence-corrected chi connectivity index (χ1v) is 12.4. The topological polar surface area (TPSA) is 173 Å². The second kappa shape index (κ2) is 10.9. The number of nitro benzene ring substituents is 2. The van der Waals surface area contributed by atoms with Crippen LogP contribution in [0, 0.1) is 20.2 Å². The summed E-state index contributed by atoms with van der Waals surface area (Å²) in [4.78, 5) is 44.6. The van der Waals surface area contributed by atoms with Crippen LogP contribution in [0.15, 0.2) is 107 Å². The van der Waals surface area contributed by atoms with E-state index in [1.807, 2.05) is 0 Å². The summed E-state index contributed by atoms with van der Waals surface area (Å²) in [7, 11) is -3.97. The fraction of sp³-hybridized carbons (Fsp3) is 0. The number of benzene rings is 4. The zero-order valence-electron chi connectivity index (χ0n) is 19.6. The van der Waals surface area contributed by atoms with Gasteiger partial charge in [-0.2, -0.15) is 0 Å². The van der Waals surface area contributed by atoms with E-state index in [0.717, 1.165) is 24.3 Å². The van der Waals surface area contributed by atoms with Crippen LogP contribution in [-0.2, 0) is 9.84 Å². The quantitative estimate of drug-likeness (QED) is 0.129. The lowest BCUT2D eigenvalue weighted by molar-refractivity contribution is -0.385. The number of non-ortho nitro benzene ring substituents is 2. The predicted molar refractivity (Wildman–Crippen MR) is 134 cm³/mol. The highest BCUT2D eigenvalue weighted by molar-refractivity contribution is 7.91.